The van der Waals surface area contributed by atoms with Crippen molar-refractivity contribution in [3.8, 4) is 23.7 Å². The minimum atomic E-state index is 0. The maximum atomic E-state index is 5.15. The molecule has 0 radical (unpaired) electrons. The molecule has 0 aromatic heterocycles. The minimum Gasteiger partial charge on any atom is -0.255 e. The molecular formula is C46H68N2Ni. The Kier molecular flexibility index (Phi) is 29.5. The molecule has 0 saturated heterocycles. The van der Waals surface area contributed by atoms with Gasteiger partial charge in [-0.1, -0.05) is 153 Å². The van der Waals surface area contributed by atoms with Crippen molar-refractivity contribution in [1.82, 2.24) is 0 Å². The second-order valence-corrected chi connectivity index (χ2v) is 13.4. The Balaban J connectivity index is 0.0000120. The van der Waals surface area contributed by atoms with E-state index in [9.17, 15) is 0 Å². The third-order valence-electron chi connectivity index (χ3n) is 8.99. The number of unbranched alkanes of at least 4 members (excludes halogenated alkanes) is 17. The van der Waals surface area contributed by atoms with E-state index < -0.39 is 0 Å². The molecule has 0 unspecified atom stereocenters. The normalized spacial score (nSPS) is 11.1. The number of hydrogen-bond donors (Lipinski definition) is 0. The quantitative estimate of drug-likeness (QED) is 0.0402. The fraction of sp³-hybridized carbons (Fsp3) is 0.609. The smallest absolute Gasteiger partial charge is 0.0665 e. The largest absolute Gasteiger partial charge is 0.255 e. The van der Waals surface area contributed by atoms with Crippen LogP contribution in [0.5, 0.6) is 0 Å². The van der Waals surface area contributed by atoms with E-state index in [4.69, 9.17) is 9.98 Å². The van der Waals surface area contributed by atoms with Crippen molar-refractivity contribution >= 4 is 23.3 Å². The van der Waals surface area contributed by atoms with Gasteiger partial charge in [-0.05, 0) is 61.8 Å². The first-order valence-electron chi connectivity index (χ1n) is 20.0. The molecule has 0 aliphatic rings. The fourth-order valence-corrected chi connectivity index (χ4v) is 5.93. The van der Waals surface area contributed by atoms with Crippen LogP contribution in [0.3, 0.4) is 0 Å². The van der Waals surface area contributed by atoms with Crippen molar-refractivity contribution in [3.05, 3.63) is 59.7 Å². The Morgan fingerprint density at radius 1 is 0.490 bits per heavy atom. The Labute approximate surface area is 313 Å². The van der Waals surface area contributed by atoms with E-state index in [1.807, 2.05) is 6.21 Å². The van der Waals surface area contributed by atoms with Gasteiger partial charge in [0.1, 0.15) is 0 Å². The fourth-order valence-electron chi connectivity index (χ4n) is 5.93. The number of nitrogens with zero attached hydrogens (tertiary/aromatic N) is 2. The molecule has 49 heavy (non-hydrogen) atoms. The van der Waals surface area contributed by atoms with Crippen LogP contribution in [0.2, 0.25) is 0 Å². The van der Waals surface area contributed by atoms with Gasteiger partial charge in [-0.3, -0.25) is 9.98 Å². The summed E-state index contributed by atoms with van der Waals surface area (Å²) in [4.78, 5) is 10.1. The maximum Gasteiger partial charge on any atom is 0.0665 e. The number of aliphatic imine (C=N–C) groups is 2. The third kappa shape index (κ3) is 23.4. The summed E-state index contributed by atoms with van der Waals surface area (Å²) in [6.07, 6.45) is 32.5. The van der Waals surface area contributed by atoms with Gasteiger partial charge in [0.25, 0.3) is 0 Å². The zero-order chi connectivity index (χ0) is 34.2. The average molecular weight is 708 g/mol. The van der Waals surface area contributed by atoms with E-state index in [2.05, 4.69) is 93.0 Å². The van der Waals surface area contributed by atoms with E-state index in [1.54, 1.807) is 0 Å². The summed E-state index contributed by atoms with van der Waals surface area (Å²) in [7, 11) is 0. The summed E-state index contributed by atoms with van der Waals surface area (Å²) >= 11 is 0. The zero-order valence-corrected chi connectivity index (χ0v) is 32.6. The van der Waals surface area contributed by atoms with E-state index in [1.165, 1.54) is 114 Å². The van der Waals surface area contributed by atoms with Crippen LogP contribution < -0.4 is 0 Å². The molecule has 0 aliphatic heterocycles. The van der Waals surface area contributed by atoms with E-state index >= 15 is 0 Å². The summed E-state index contributed by atoms with van der Waals surface area (Å²) in [5.41, 5.74) is 5.67. The third-order valence-corrected chi connectivity index (χ3v) is 8.99. The molecular weight excluding hydrogens is 639 g/mol. The molecule has 272 valence electrons. The number of hydrogen-bond acceptors (Lipinski definition) is 2. The van der Waals surface area contributed by atoms with Crippen molar-refractivity contribution < 1.29 is 16.5 Å². The average Bonchev–Trinajstić information content (AvgIpc) is 3.11. The van der Waals surface area contributed by atoms with Gasteiger partial charge in [-0.2, -0.15) is 0 Å². The van der Waals surface area contributed by atoms with E-state index in [0.29, 0.717) is 0 Å². The van der Waals surface area contributed by atoms with Crippen molar-refractivity contribution in [2.75, 3.05) is 0 Å². The van der Waals surface area contributed by atoms with Crippen molar-refractivity contribution in [2.45, 2.75) is 181 Å². The van der Waals surface area contributed by atoms with Gasteiger partial charge in [0, 0.05) is 48.4 Å². The predicted molar refractivity (Wildman–Crippen MR) is 214 cm³/mol. The monoisotopic (exact) mass is 706 g/mol. The van der Waals surface area contributed by atoms with Crippen LogP contribution in [0.4, 0.5) is 11.4 Å². The summed E-state index contributed by atoms with van der Waals surface area (Å²) in [6.45, 7) is 6.80. The zero-order valence-electron chi connectivity index (χ0n) is 31.6. The Hall–Kier alpha value is -2.61. The Morgan fingerprint density at radius 2 is 0.898 bits per heavy atom. The second kappa shape index (κ2) is 32.6. The van der Waals surface area contributed by atoms with E-state index in [-0.39, 0.29) is 16.5 Å². The molecule has 0 N–H and O–H groups in total. The van der Waals surface area contributed by atoms with Crippen LogP contribution in [-0.4, -0.2) is 11.9 Å². The Bertz CT molecular complexity index is 1270. The molecule has 3 heteroatoms. The first-order chi connectivity index (χ1) is 23.8. The van der Waals surface area contributed by atoms with Crippen molar-refractivity contribution in [2.24, 2.45) is 9.98 Å². The molecule has 2 nitrogen and oxygen atoms in total. The van der Waals surface area contributed by atoms with Crippen LogP contribution in [0.15, 0.2) is 58.5 Å². The van der Waals surface area contributed by atoms with Gasteiger partial charge < -0.3 is 0 Å². The van der Waals surface area contributed by atoms with Gasteiger partial charge >= 0.3 is 0 Å². The van der Waals surface area contributed by atoms with Crippen LogP contribution in [0.25, 0.3) is 0 Å². The molecule has 2 aromatic carbocycles. The van der Waals surface area contributed by atoms with Crippen LogP contribution >= 0.6 is 0 Å². The summed E-state index contributed by atoms with van der Waals surface area (Å²) < 4.78 is 0. The van der Waals surface area contributed by atoms with Crippen molar-refractivity contribution in [3.63, 3.8) is 0 Å². The topological polar surface area (TPSA) is 24.7 Å². The maximum absolute atomic E-state index is 5.15. The van der Waals surface area contributed by atoms with Crippen molar-refractivity contribution in [1.29, 1.82) is 0 Å². The standard InChI is InChI=1S/C46H68N2.Ni/c1-4-7-10-12-14-16-18-20-22-24-26-28-34-42-36-30-32-39-45(42)47-41-44(38-9-6-3)48-46-40-33-31-37-43(46)35-29-27-25-23-21-19-17-15-13-11-8-5-2;/h30-33,36-37,39-41H,4-23,28-29,34-35,38H2,1-3H3;. The second-order valence-electron chi connectivity index (χ2n) is 13.4. The molecule has 0 spiro atoms. The molecule has 0 amide bonds. The molecule has 0 atom stereocenters. The predicted octanol–water partition coefficient (Wildman–Crippen LogP) is 14.3. The summed E-state index contributed by atoms with van der Waals surface area (Å²) in [5.74, 6) is 13.7. The van der Waals surface area contributed by atoms with E-state index in [0.717, 1.165) is 74.9 Å². The molecule has 0 heterocycles. The molecule has 2 rings (SSSR count). The van der Waals surface area contributed by atoms with Gasteiger partial charge in [0.05, 0.1) is 17.1 Å². The van der Waals surface area contributed by atoms with Gasteiger partial charge in [0.15, 0.2) is 0 Å². The minimum absolute atomic E-state index is 0. The SMILES string of the molecule is CCCCCCCCCCC#CCCc1ccccc1N=CC(CCCC)=Nc1ccccc1CCC#CCCCCCCCCCC.[Ni]. The first-order valence-corrected chi connectivity index (χ1v) is 20.0. The molecule has 0 bridgehead atoms. The molecule has 2 aromatic rings. The number of rotatable bonds is 26. The van der Waals surface area contributed by atoms with Crippen LogP contribution in [0, 0.1) is 23.7 Å². The van der Waals surface area contributed by atoms with Crippen LogP contribution in [0.1, 0.15) is 180 Å². The first kappa shape index (κ1) is 44.4. The summed E-state index contributed by atoms with van der Waals surface area (Å²) in [5, 5.41) is 0. The Morgan fingerprint density at radius 3 is 1.41 bits per heavy atom. The number of para-hydroxylation sites is 2. The van der Waals surface area contributed by atoms with Gasteiger partial charge in [-0.15, -0.1) is 23.7 Å². The molecule has 0 fully saturated rings. The molecule has 0 aliphatic carbocycles. The number of benzene rings is 2. The van der Waals surface area contributed by atoms with Gasteiger partial charge in [0.2, 0.25) is 0 Å². The summed E-state index contributed by atoms with van der Waals surface area (Å²) in [6, 6.07) is 17.1. The van der Waals surface area contributed by atoms with Gasteiger partial charge in [-0.25, -0.2) is 0 Å². The number of aryl methyl sites for hydroxylation is 2. The van der Waals surface area contributed by atoms with Crippen LogP contribution in [-0.2, 0) is 29.3 Å². The molecule has 0 saturated carbocycles.